The van der Waals surface area contributed by atoms with Crippen LogP contribution in [0.15, 0.2) is 48.5 Å². The molecule has 0 saturated carbocycles. The van der Waals surface area contributed by atoms with E-state index in [0.29, 0.717) is 19.6 Å². The fourth-order valence-corrected chi connectivity index (χ4v) is 4.21. The molecule has 0 atom stereocenters. The Bertz CT molecular complexity index is 918. The number of ether oxygens (including phenoxy) is 1. The van der Waals surface area contributed by atoms with Gasteiger partial charge in [0.25, 0.3) is 0 Å². The predicted octanol–water partition coefficient (Wildman–Crippen LogP) is 4.02. The lowest BCUT2D eigenvalue weighted by Gasteiger charge is -2.12. The van der Waals surface area contributed by atoms with Crippen LogP contribution in [-0.2, 0) is 4.84 Å². The number of hydrogen-bond donors (Lipinski definition) is 0. The van der Waals surface area contributed by atoms with E-state index < -0.39 is 0 Å². The smallest absolute Gasteiger partial charge is 0.204 e. The van der Waals surface area contributed by atoms with Crippen molar-refractivity contribution in [3.8, 4) is 25.5 Å². The molecule has 0 saturated heterocycles. The van der Waals surface area contributed by atoms with Crippen LogP contribution >= 0.6 is 22.7 Å². The van der Waals surface area contributed by atoms with Crippen molar-refractivity contribution in [2.24, 2.45) is 5.16 Å². The Morgan fingerprint density at radius 1 is 1.32 bits per heavy atom. The molecule has 0 aromatic carbocycles. The Morgan fingerprint density at radius 2 is 2.28 bits per heavy atom. The predicted molar refractivity (Wildman–Crippen MR) is 99.3 cm³/mol. The Kier molecular flexibility index (Phi) is 4.53. The van der Waals surface area contributed by atoms with Gasteiger partial charge in [0.2, 0.25) is 5.06 Å². The summed E-state index contributed by atoms with van der Waals surface area (Å²) in [6, 6.07) is 3.89. The summed E-state index contributed by atoms with van der Waals surface area (Å²) < 4.78 is 5.73. The van der Waals surface area contributed by atoms with Crippen LogP contribution in [0.3, 0.4) is 0 Å². The summed E-state index contributed by atoms with van der Waals surface area (Å²) in [6.07, 6.45) is 7.73. The van der Waals surface area contributed by atoms with E-state index in [1.165, 1.54) is 11.3 Å². The molecule has 0 bridgehead atoms. The fourth-order valence-electron chi connectivity index (χ4n) is 2.30. The van der Waals surface area contributed by atoms with Crippen molar-refractivity contribution in [1.29, 1.82) is 0 Å². The van der Waals surface area contributed by atoms with E-state index in [1.54, 1.807) is 29.8 Å². The lowest BCUT2D eigenvalue weighted by atomic mass is 10.2. The van der Waals surface area contributed by atoms with Crippen LogP contribution in [0.1, 0.15) is 12.1 Å². The topological polar surface area (TPSA) is 69.5 Å². The highest BCUT2D eigenvalue weighted by molar-refractivity contribution is 7.24. The van der Waals surface area contributed by atoms with Crippen LogP contribution in [0, 0.1) is 0 Å². The number of rotatable bonds is 5. The number of fused-ring (bicyclic) bond motifs is 1. The Balaban J connectivity index is 1.64. The second-order valence-electron chi connectivity index (χ2n) is 5.15. The first-order valence-electron chi connectivity index (χ1n) is 7.65. The molecule has 1 aliphatic heterocycles. The van der Waals surface area contributed by atoms with Crippen molar-refractivity contribution >= 4 is 28.4 Å². The van der Waals surface area contributed by atoms with Crippen LogP contribution in [0.2, 0.25) is 0 Å². The lowest BCUT2D eigenvalue weighted by Crippen LogP contribution is -2.15. The van der Waals surface area contributed by atoms with Gasteiger partial charge in [0, 0.05) is 30.6 Å². The number of hydrogen-bond acceptors (Lipinski definition) is 8. The van der Waals surface area contributed by atoms with Crippen molar-refractivity contribution in [2.45, 2.75) is 6.42 Å². The average Bonchev–Trinajstić information content (AvgIpc) is 3.30. The molecule has 0 aliphatic carbocycles. The van der Waals surface area contributed by atoms with Gasteiger partial charge < -0.3 is 9.57 Å². The molecule has 3 aromatic rings. The van der Waals surface area contributed by atoms with Crippen LogP contribution < -0.4 is 4.74 Å². The number of pyridine rings is 1. The monoisotopic (exact) mass is 370 g/mol. The molecule has 0 N–H and O–H groups in total. The third-order valence-corrected chi connectivity index (χ3v) is 5.62. The summed E-state index contributed by atoms with van der Waals surface area (Å²) in [5.74, 6) is 0. The molecular formula is C17H14N4O2S2. The van der Waals surface area contributed by atoms with Gasteiger partial charge in [0.05, 0.1) is 11.5 Å². The molecule has 0 radical (unpaired) electrons. The molecular weight excluding hydrogens is 356 g/mol. The van der Waals surface area contributed by atoms with Crippen LogP contribution in [0.4, 0.5) is 0 Å². The van der Waals surface area contributed by atoms with Gasteiger partial charge in [-0.25, -0.2) is 9.97 Å². The van der Waals surface area contributed by atoms with E-state index in [9.17, 15) is 0 Å². The summed E-state index contributed by atoms with van der Waals surface area (Å²) in [7, 11) is 0. The molecule has 0 fully saturated rings. The summed E-state index contributed by atoms with van der Waals surface area (Å²) in [5.41, 5.74) is 2.56. The Labute approximate surface area is 152 Å². The Hall–Kier alpha value is -2.58. The minimum absolute atomic E-state index is 0.375. The molecule has 4 heterocycles. The zero-order valence-electron chi connectivity index (χ0n) is 13.2. The average molecular weight is 370 g/mol. The fraction of sp³-hybridized carbons (Fsp3) is 0.176. The van der Waals surface area contributed by atoms with Gasteiger partial charge in [-0.1, -0.05) is 29.1 Å². The zero-order valence-corrected chi connectivity index (χ0v) is 14.8. The van der Waals surface area contributed by atoms with Gasteiger partial charge in [-0.05, 0) is 12.1 Å². The largest absolute Gasteiger partial charge is 0.482 e. The third-order valence-electron chi connectivity index (χ3n) is 3.43. The Morgan fingerprint density at radius 3 is 3.12 bits per heavy atom. The number of oxime groups is 1. The normalized spacial score (nSPS) is 14.8. The van der Waals surface area contributed by atoms with Crippen molar-refractivity contribution < 1.29 is 9.57 Å². The maximum atomic E-state index is 5.73. The van der Waals surface area contributed by atoms with Crippen LogP contribution in [0.5, 0.6) is 5.06 Å². The highest BCUT2D eigenvalue weighted by atomic mass is 32.1. The van der Waals surface area contributed by atoms with Gasteiger partial charge in [-0.2, -0.15) is 0 Å². The van der Waals surface area contributed by atoms with Crippen molar-refractivity contribution in [3.63, 3.8) is 0 Å². The maximum Gasteiger partial charge on any atom is 0.204 e. The quantitative estimate of drug-likeness (QED) is 0.385. The molecule has 0 spiro atoms. The van der Waals surface area contributed by atoms with E-state index >= 15 is 0 Å². The highest BCUT2D eigenvalue weighted by Crippen LogP contribution is 2.40. The molecule has 0 amide bonds. The van der Waals surface area contributed by atoms with E-state index in [0.717, 1.165) is 36.9 Å². The van der Waals surface area contributed by atoms with Crippen LogP contribution in [0.25, 0.3) is 20.5 Å². The van der Waals surface area contributed by atoms with Gasteiger partial charge >= 0.3 is 0 Å². The SMILES string of the molecule is C=CCO/N=C1\CCOc2sc(-c3cnc(-c4cccnc4)s3)nc21. The van der Waals surface area contributed by atoms with Gasteiger partial charge in [-0.15, -0.1) is 11.3 Å². The first-order valence-corrected chi connectivity index (χ1v) is 9.29. The van der Waals surface area contributed by atoms with E-state index in [4.69, 9.17) is 14.6 Å². The zero-order chi connectivity index (χ0) is 17.1. The number of nitrogens with zero attached hydrogens (tertiary/aromatic N) is 4. The first-order chi connectivity index (χ1) is 12.3. The number of aromatic nitrogens is 3. The molecule has 126 valence electrons. The minimum Gasteiger partial charge on any atom is -0.482 e. The van der Waals surface area contributed by atoms with E-state index in [2.05, 4.69) is 21.7 Å². The van der Waals surface area contributed by atoms with Gasteiger partial charge in [-0.3, -0.25) is 4.98 Å². The lowest BCUT2D eigenvalue weighted by molar-refractivity contribution is 0.172. The standard InChI is InChI=1S/C17H14N4O2S2/c1-2-7-23-21-12-5-8-22-17-14(12)20-16(25-17)13-10-19-15(24-13)11-4-3-6-18-9-11/h2-4,6,9-10H,1,5,7-8H2/b21-12+. The van der Waals surface area contributed by atoms with Gasteiger partial charge in [0.1, 0.15) is 28.0 Å². The second kappa shape index (κ2) is 7.12. The summed E-state index contributed by atoms with van der Waals surface area (Å²) in [4.78, 5) is 19.5. The molecule has 1 aliphatic rings. The maximum absolute atomic E-state index is 5.73. The molecule has 3 aromatic heterocycles. The number of thiazole rings is 2. The second-order valence-corrected chi connectivity index (χ2v) is 7.14. The third kappa shape index (κ3) is 3.31. The van der Waals surface area contributed by atoms with Gasteiger partial charge in [0.15, 0.2) is 0 Å². The van der Waals surface area contributed by atoms with Crippen molar-refractivity contribution in [3.05, 3.63) is 49.1 Å². The van der Waals surface area contributed by atoms with E-state index in [1.807, 2.05) is 18.3 Å². The molecule has 0 unspecified atom stereocenters. The van der Waals surface area contributed by atoms with Crippen molar-refractivity contribution in [1.82, 2.24) is 15.0 Å². The summed E-state index contributed by atoms with van der Waals surface area (Å²) >= 11 is 3.09. The molecule has 6 nitrogen and oxygen atoms in total. The first kappa shape index (κ1) is 15.9. The molecule has 8 heteroatoms. The summed E-state index contributed by atoms with van der Waals surface area (Å²) in [6.45, 7) is 4.57. The molecule has 4 rings (SSSR count). The summed E-state index contributed by atoms with van der Waals surface area (Å²) in [5, 5.41) is 6.73. The molecule has 25 heavy (non-hydrogen) atoms. The van der Waals surface area contributed by atoms with E-state index in [-0.39, 0.29) is 0 Å². The minimum atomic E-state index is 0.375. The highest BCUT2D eigenvalue weighted by Gasteiger charge is 2.24. The van der Waals surface area contributed by atoms with Crippen LogP contribution in [-0.4, -0.2) is 33.9 Å². The van der Waals surface area contributed by atoms with Crippen molar-refractivity contribution in [2.75, 3.05) is 13.2 Å².